The predicted octanol–water partition coefficient (Wildman–Crippen LogP) is 2.52. The van der Waals surface area contributed by atoms with Crippen molar-refractivity contribution in [3.63, 3.8) is 0 Å². The van der Waals surface area contributed by atoms with Gasteiger partial charge in [-0.25, -0.2) is 4.98 Å². The molecule has 2 N–H and O–H groups in total. The van der Waals surface area contributed by atoms with Crippen LogP contribution in [0, 0.1) is 0 Å². The molecule has 0 bridgehead atoms. The Morgan fingerprint density at radius 2 is 2.19 bits per heavy atom. The fourth-order valence-electron chi connectivity index (χ4n) is 1.36. The molecule has 1 heterocycles. The van der Waals surface area contributed by atoms with Crippen LogP contribution in [0.4, 0.5) is 0 Å². The van der Waals surface area contributed by atoms with Gasteiger partial charge >= 0.3 is 0 Å². The number of hydrogen-bond donors (Lipinski definition) is 2. The van der Waals surface area contributed by atoms with Gasteiger partial charge in [-0.1, -0.05) is 13.8 Å². The molecule has 1 aromatic rings. The highest BCUT2D eigenvalue weighted by Crippen LogP contribution is 2.22. The number of rotatable bonds is 6. The summed E-state index contributed by atoms with van der Waals surface area (Å²) in [5, 5.41) is 13.5. The van der Waals surface area contributed by atoms with E-state index < -0.39 is 0 Å². The number of nitrogens with zero attached hydrogens (tertiary/aromatic N) is 1. The number of nitrogens with one attached hydrogen (secondary N) is 1. The van der Waals surface area contributed by atoms with Gasteiger partial charge in [-0.15, -0.1) is 11.3 Å². The van der Waals surface area contributed by atoms with Crippen LogP contribution in [0.3, 0.4) is 0 Å². The van der Waals surface area contributed by atoms with E-state index in [4.69, 9.17) is 5.11 Å². The number of thiazole rings is 1. The fraction of sp³-hybridized carbons (Fsp3) is 0.750. The standard InChI is InChI=1S/C12H22N2OS/c1-9(2)10-7-13-11(16-10)8-14-12(3,4)5-6-15/h7,9,14-15H,5-6,8H2,1-4H3. The van der Waals surface area contributed by atoms with Crippen LogP contribution in [0.15, 0.2) is 6.20 Å². The van der Waals surface area contributed by atoms with E-state index >= 15 is 0 Å². The molecule has 1 rings (SSSR count). The molecule has 4 heteroatoms. The fourth-order valence-corrected chi connectivity index (χ4v) is 2.22. The molecule has 0 spiro atoms. The van der Waals surface area contributed by atoms with E-state index in [-0.39, 0.29) is 12.1 Å². The van der Waals surface area contributed by atoms with E-state index in [1.807, 2.05) is 6.20 Å². The Morgan fingerprint density at radius 1 is 1.50 bits per heavy atom. The van der Waals surface area contributed by atoms with Crippen LogP contribution in [-0.2, 0) is 6.54 Å². The summed E-state index contributed by atoms with van der Waals surface area (Å²) >= 11 is 1.76. The van der Waals surface area contributed by atoms with Gasteiger partial charge in [0.05, 0.1) is 0 Å². The third kappa shape index (κ3) is 4.20. The van der Waals surface area contributed by atoms with Crippen molar-refractivity contribution in [1.29, 1.82) is 0 Å². The van der Waals surface area contributed by atoms with Gasteiger partial charge in [0.25, 0.3) is 0 Å². The minimum absolute atomic E-state index is 0.0294. The van der Waals surface area contributed by atoms with Gasteiger partial charge in [-0.05, 0) is 26.2 Å². The molecule has 0 aliphatic rings. The lowest BCUT2D eigenvalue weighted by Crippen LogP contribution is -2.39. The largest absolute Gasteiger partial charge is 0.396 e. The molecule has 16 heavy (non-hydrogen) atoms. The molecule has 0 unspecified atom stereocenters. The number of hydrogen-bond acceptors (Lipinski definition) is 4. The van der Waals surface area contributed by atoms with Crippen LogP contribution < -0.4 is 5.32 Å². The Morgan fingerprint density at radius 3 is 2.69 bits per heavy atom. The van der Waals surface area contributed by atoms with Crippen molar-refractivity contribution in [2.24, 2.45) is 0 Å². The molecule has 0 radical (unpaired) electrons. The maximum Gasteiger partial charge on any atom is 0.107 e. The molecule has 0 atom stereocenters. The smallest absolute Gasteiger partial charge is 0.107 e. The van der Waals surface area contributed by atoms with Crippen LogP contribution >= 0.6 is 11.3 Å². The average molecular weight is 242 g/mol. The summed E-state index contributed by atoms with van der Waals surface area (Å²) in [6.07, 6.45) is 2.72. The monoisotopic (exact) mass is 242 g/mol. The first kappa shape index (κ1) is 13.6. The molecule has 1 aromatic heterocycles. The second-order valence-corrected chi connectivity index (χ2v) is 6.17. The second-order valence-electron chi connectivity index (χ2n) is 5.02. The lowest BCUT2D eigenvalue weighted by atomic mass is 10.0. The van der Waals surface area contributed by atoms with Gasteiger partial charge in [0.2, 0.25) is 0 Å². The predicted molar refractivity (Wildman–Crippen MR) is 68.8 cm³/mol. The maximum atomic E-state index is 8.92. The zero-order chi connectivity index (χ0) is 12.2. The van der Waals surface area contributed by atoms with Gasteiger partial charge < -0.3 is 10.4 Å². The van der Waals surface area contributed by atoms with Crippen molar-refractivity contribution in [1.82, 2.24) is 10.3 Å². The Kier molecular flexibility index (Phi) is 4.89. The van der Waals surface area contributed by atoms with E-state index in [1.54, 1.807) is 11.3 Å². The third-order valence-electron chi connectivity index (χ3n) is 2.60. The lowest BCUT2D eigenvalue weighted by Gasteiger charge is -2.24. The Balaban J connectivity index is 2.48. The van der Waals surface area contributed by atoms with Crippen LogP contribution in [0.2, 0.25) is 0 Å². The van der Waals surface area contributed by atoms with Crippen molar-refractivity contribution in [2.45, 2.75) is 52.1 Å². The van der Waals surface area contributed by atoms with Gasteiger partial charge in [0, 0.05) is 29.8 Å². The quantitative estimate of drug-likeness (QED) is 0.805. The van der Waals surface area contributed by atoms with E-state index in [2.05, 4.69) is 38.0 Å². The average Bonchev–Trinajstić information content (AvgIpc) is 2.63. The summed E-state index contributed by atoms with van der Waals surface area (Å²) in [6, 6.07) is 0. The van der Waals surface area contributed by atoms with Crippen molar-refractivity contribution in [3.05, 3.63) is 16.1 Å². The molecule has 0 aliphatic carbocycles. The van der Waals surface area contributed by atoms with Crippen molar-refractivity contribution >= 4 is 11.3 Å². The zero-order valence-electron chi connectivity index (χ0n) is 10.6. The highest BCUT2D eigenvalue weighted by Gasteiger charge is 2.16. The number of aliphatic hydroxyl groups excluding tert-OH is 1. The normalized spacial score (nSPS) is 12.4. The SMILES string of the molecule is CC(C)c1cnc(CNC(C)(C)CCO)s1. The van der Waals surface area contributed by atoms with Crippen LogP contribution in [0.25, 0.3) is 0 Å². The molecule has 0 aromatic carbocycles. The Hall–Kier alpha value is -0.450. The van der Waals surface area contributed by atoms with Gasteiger partial charge in [-0.2, -0.15) is 0 Å². The van der Waals surface area contributed by atoms with Crippen molar-refractivity contribution < 1.29 is 5.11 Å². The first-order chi connectivity index (χ1) is 7.44. The van der Waals surface area contributed by atoms with E-state index in [9.17, 15) is 0 Å². The maximum absolute atomic E-state index is 8.92. The molecule has 0 saturated carbocycles. The van der Waals surface area contributed by atoms with Gasteiger partial charge in [-0.3, -0.25) is 0 Å². The van der Waals surface area contributed by atoms with Crippen LogP contribution in [0.5, 0.6) is 0 Å². The third-order valence-corrected chi connectivity index (χ3v) is 3.89. The minimum Gasteiger partial charge on any atom is -0.396 e. The molecule has 3 nitrogen and oxygen atoms in total. The van der Waals surface area contributed by atoms with Crippen molar-refractivity contribution in [2.75, 3.05) is 6.61 Å². The molecular weight excluding hydrogens is 220 g/mol. The van der Waals surface area contributed by atoms with E-state index in [1.165, 1.54) is 4.88 Å². The minimum atomic E-state index is -0.0294. The van der Waals surface area contributed by atoms with Crippen LogP contribution in [-0.4, -0.2) is 22.2 Å². The summed E-state index contributed by atoms with van der Waals surface area (Å²) in [6.45, 7) is 9.56. The summed E-state index contributed by atoms with van der Waals surface area (Å²) in [5.41, 5.74) is -0.0294. The number of aliphatic hydroxyl groups is 1. The highest BCUT2D eigenvalue weighted by molar-refractivity contribution is 7.11. The molecule has 0 amide bonds. The van der Waals surface area contributed by atoms with E-state index in [0.29, 0.717) is 5.92 Å². The topological polar surface area (TPSA) is 45.2 Å². The summed E-state index contributed by atoms with van der Waals surface area (Å²) in [4.78, 5) is 5.72. The molecule has 92 valence electrons. The summed E-state index contributed by atoms with van der Waals surface area (Å²) in [7, 11) is 0. The molecular formula is C12H22N2OS. The molecule has 0 fully saturated rings. The van der Waals surface area contributed by atoms with Gasteiger partial charge in [0.15, 0.2) is 0 Å². The van der Waals surface area contributed by atoms with E-state index in [0.717, 1.165) is 18.0 Å². The second kappa shape index (κ2) is 5.75. The molecule has 0 saturated heterocycles. The molecule has 0 aliphatic heterocycles. The van der Waals surface area contributed by atoms with Gasteiger partial charge in [0.1, 0.15) is 5.01 Å². The Bertz CT molecular complexity index is 321. The lowest BCUT2D eigenvalue weighted by molar-refractivity contribution is 0.230. The zero-order valence-corrected chi connectivity index (χ0v) is 11.4. The highest BCUT2D eigenvalue weighted by atomic mass is 32.1. The van der Waals surface area contributed by atoms with Crippen molar-refractivity contribution in [3.8, 4) is 0 Å². The Labute approximate surface area is 102 Å². The number of aromatic nitrogens is 1. The van der Waals surface area contributed by atoms with Crippen LogP contribution in [0.1, 0.15) is 49.9 Å². The summed E-state index contributed by atoms with van der Waals surface area (Å²) in [5.74, 6) is 0.553. The summed E-state index contributed by atoms with van der Waals surface area (Å²) < 4.78 is 0. The first-order valence-electron chi connectivity index (χ1n) is 5.75. The first-order valence-corrected chi connectivity index (χ1v) is 6.57.